The molecule has 0 aliphatic carbocycles. The minimum Gasteiger partial charge on any atom is -0.378 e. The SMILES string of the molecule is CCc1ccc(-c2cc3c(NC4CNCC4CC)c(C(N)=O)cnn3c2)cn1. The molecule has 2 atom stereocenters. The molecule has 28 heavy (non-hydrogen) atoms. The molecule has 7 heteroatoms. The molecule has 3 aromatic rings. The van der Waals surface area contributed by atoms with Crippen molar-refractivity contribution in [3.05, 3.63) is 48.0 Å². The number of nitrogens with two attached hydrogens (primary N) is 1. The van der Waals surface area contributed by atoms with Crippen LogP contribution in [-0.4, -0.2) is 39.6 Å². The number of hydrogen-bond acceptors (Lipinski definition) is 5. The maximum absolute atomic E-state index is 12.0. The highest BCUT2D eigenvalue weighted by Gasteiger charge is 2.27. The van der Waals surface area contributed by atoms with E-state index < -0.39 is 5.91 Å². The van der Waals surface area contributed by atoms with E-state index in [-0.39, 0.29) is 6.04 Å². The lowest BCUT2D eigenvalue weighted by Crippen LogP contribution is -2.30. The first kappa shape index (κ1) is 18.4. The van der Waals surface area contributed by atoms with Crippen LogP contribution in [0.3, 0.4) is 0 Å². The van der Waals surface area contributed by atoms with Crippen LogP contribution in [0, 0.1) is 5.92 Å². The van der Waals surface area contributed by atoms with E-state index in [1.165, 1.54) is 0 Å². The van der Waals surface area contributed by atoms with Crippen molar-refractivity contribution in [3.63, 3.8) is 0 Å². The van der Waals surface area contributed by atoms with Gasteiger partial charge in [-0.05, 0) is 24.5 Å². The number of carbonyl (C=O) groups excluding carboxylic acids is 1. The summed E-state index contributed by atoms with van der Waals surface area (Å²) in [6.45, 7) is 6.11. The van der Waals surface area contributed by atoms with Crippen LogP contribution in [0.2, 0.25) is 0 Å². The van der Waals surface area contributed by atoms with Gasteiger partial charge < -0.3 is 16.4 Å². The minimum absolute atomic E-state index is 0.248. The highest BCUT2D eigenvalue weighted by molar-refractivity contribution is 6.02. The van der Waals surface area contributed by atoms with Crippen molar-refractivity contribution in [3.8, 4) is 11.1 Å². The van der Waals surface area contributed by atoms with E-state index in [0.29, 0.717) is 11.5 Å². The van der Waals surface area contributed by atoms with Crippen molar-refractivity contribution >= 4 is 17.1 Å². The number of anilines is 1. The Hall–Kier alpha value is -2.93. The molecule has 1 saturated heterocycles. The molecule has 0 aromatic carbocycles. The van der Waals surface area contributed by atoms with E-state index in [4.69, 9.17) is 5.73 Å². The molecule has 0 radical (unpaired) electrons. The number of nitrogens with one attached hydrogen (secondary N) is 2. The maximum Gasteiger partial charge on any atom is 0.252 e. The third kappa shape index (κ3) is 3.33. The average Bonchev–Trinajstić information content (AvgIpc) is 3.34. The molecule has 4 rings (SSSR count). The summed E-state index contributed by atoms with van der Waals surface area (Å²) in [5.74, 6) is 0.0300. The number of fused-ring (bicyclic) bond motifs is 1. The van der Waals surface area contributed by atoms with Gasteiger partial charge in [-0.2, -0.15) is 5.10 Å². The normalized spacial score (nSPS) is 19.2. The Morgan fingerprint density at radius 2 is 2.14 bits per heavy atom. The number of aromatic nitrogens is 3. The summed E-state index contributed by atoms with van der Waals surface area (Å²) < 4.78 is 1.79. The van der Waals surface area contributed by atoms with Gasteiger partial charge in [0.25, 0.3) is 5.91 Å². The van der Waals surface area contributed by atoms with Gasteiger partial charge in [0, 0.05) is 48.3 Å². The van der Waals surface area contributed by atoms with Crippen LogP contribution in [0.5, 0.6) is 0 Å². The van der Waals surface area contributed by atoms with Crippen molar-refractivity contribution < 1.29 is 4.79 Å². The number of aryl methyl sites for hydroxylation is 1. The average molecular weight is 378 g/mol. The van der Waals surface area contributed by atoms with Gasteiger partial charge in [-0.3, -0.25) is 9.78 Å². The first-order chi connectivity index (χ1) is 13.6. The van der Waals surface area contributed by atoms with Crippen LogP contribution in [0.1, 0.15) is 36.3 Å². The lowest BCUT2D eigenvalue weighted by atomic mass is 10.00. The Kier molecular flexibility index (Phi) is 5.00. The number of rotatable bonds is 6. The molecule has 4 N–H and O–H groups in total. The summed E-state index contributed by atoms with van der Waals surface area (Å²) in [7, 11) is 0. The molecule has 146 valence electrons. The Morgan fingerprint density at radius 1 is 1.29 bits per heavy atom. The Bertz CT molecular complexity index is 994. The zero-order valence-corrected chi connectivity index (χ0v) is 16.3. The fraction of sp³-hybridized carbons (Fsp3) is 0.381. The predicted molar refractivity (Wildman–Crippen MR) is 110 cm³/mol. The van der Waals surface area contributed by atoms with Crippen LogP contribution < -0.4 is 16.4 Å². The highest BCUT2D eigenvalue weighted by atomic mass is 16.1. The molecular weight excluding hydrogens is 352 g/mol. The quantitative estimate of drug-likeness (QED) is 0.612. The zero-order valence-electron chi connectivity index (χ0n) is 16.3. The number of amides is 1. The van der Waals surface area contributed by atoms with Gasteiger partial charge in [0.1, 0.15) is 0 Å². The van der Waals surface area contributed by atoms with Crippen LogP contribution >= 0.6 is 0 Å². The zero-order chi connectivity index (χ0) is 19.7. The standard InChI is InChI=1S/C21H26N6O/c1-3-13-8-23-11-18(13)26-20-17(21(22)28)10-25-27-12-15(7-19(20)27)14-5-6-16(4-2)24-9-14/h5-7,9-10,12-13,18,23,26H,3-4,8,11H2,1-2H3,(H2,22,28). The summed E-state index contributed by atoms with van der Waals surface area (Å²) in [5, 5.41) is 11.4. The molecule has 3 aromatic heterocycles. The molecule has 0 saturated carbocycles. The second-order valence-corrected chi connectivity index (χ2v) is 7.33. The maximum atomic E-state index is 12.0. The number of carbonyl (C=O) groups is 1. The first-order valence-corrected chi connectivity index (χ1v) is 9.84. The highest BCUT2D eigenvalue weighted by Crippen LogP contribution is 2.30. The van der Waals surface area contributed by atoms with Crippen LogP contribution in [-0.2, 0) is 6.42 Å². The lowest BCUT2D eigenvalue weighted by Gasteiger charge is -2.21. The van der Waals surface area contributed by atoms with E-state index >= 15 is 0 Å². The molecule has 0 bridgehead atoms. The number of pyridine rings is 1. The number of nitrogens with zero attached hydrogens (tertiary/aromatic N) is 3. The van der Waals surface area contributed by atoms with Gasteiger partial charge >= 0.3 is 0 Å². The third-order valence-corrected chi connectivity index (χ3v) is 5.62. The lowest BCUT2D eigenvalue weighted by molar-refractivity contribution is 0.100. The molecule has 1 fully saturated rings. The minimum atomic E-state index is -0.479. The van der Waals surface area contributed by atoms with Gasteiger partial charge in [-0.1, -0.05) is 26.3 Å². The van der Waals surface area contributed by atoms with Crippen molar-refractivity contribution in [2.24, 2.45) is 11.7 Å². The largest absolute Gasteiger partial charge is 0.378 e. The fourth-order valence-corrected chi connectivity index (χ4v) is 3.87. The van der Waals surface area contributed by atoms with E-state index in [1.54, 1.807) is 10.7 Å². The van der Waals surface area contributed by atoms with Crippen molar-refractivity contribution in [1.82, 2.24) is 19.9 Å². The predicted octanol–water partition coefficient (Wildman–Crippen LogP) is 2.47. The summed E-state index contributed by atoms with van der Waals surface area (Å²) in [5.41, 5.74) is 10.7. The van der Waals surface area contributed by atoms with Gasteiger partial charge in [-0.15, -0.1) is 0 Å². The summed E-state index contributed by atoms with van der Waals surface area (Å²) >= 11 is 0. The summed E-state index contributed by atoms with van der Waals surface area (Å²) in [4.78, 5) is 16.5. The molecular formula is C21H26N6O. The molecule has 1 aliphatic heterocycles. The van der Waals surface area contributed by atoms with Gasteiger partial charge in [0.15, 0.2) is 0 Å². The van der Waals surface area contributed by atoms with Gasteiger partial charge in [0.05, 0.1) is 23.0 Å². The Morgan fingerprint density at radius 3 is 2.82 bits per heavy atom. The van der Waals surface area contributed by atoms with E-state index in [2.05, 4.69) is 40.6 Å². The summed E-state index contributed by atoms with van der Waals surface area (Å²) in [6.07, 6.45) is 7.36. The molecule has 1 aliphatic rings. The molecule has 2 unspecified atom stereocenters. The van der Waals surface area contributed by atoms with Gasteiger partial charge in [0.2, 0.25) is 0 Å². The Balaban J connectivity index is 1.77. The second-order valence-electron chi connectivity index (χ2n) is 7.33. The third-order valence-electron chi connectivity index (χ3n) is 5.62. The Labute approximate surface area is 164 Å². The topological polar surface area (TPSA) is 97.3 Å². The first-order valence-electron chi connectivity index (χ1n) is 9.84. The molecule has 0 spiro atoms. The van der Waals surface area contributed by atoms with Gasteiger partial charge in [-0.25, -0.2) is 4.52 Å². The van der Waals surface area contributed by atoms with Crippen molar-refractivity contribution in [1.29, 1.82) is 0 Å². The number of hydrogen-bond donors (Lipinski definition) is 3. The van der Waals surface area contributed by atoms with Crippen molar-refractivity contribution in [2.75, 3.05) is 18.4 Å². The second kappa shape index (κ2) is 7.59. The molecule has 4 heterocycles. The van der Waals surface area contributed by atoms with Crippen LogP contribution in [0.4, 0.5) is 5.69 Å². The fourth-order valence-electron chi connectivity index (χ4n) is 3.87. The van der Waals surface area contributed by atoms with E-state index in [9.17, 15) is 4.79 Å². The molecule has 1 amide bonds. The van der Waals surface area contributed by atoms with Crippen LogP contribution in [0.15, 0.2) is 36.8 Å². The molecule has 7 nitrogen and oxygen atoms in total. The van der Waals surface area contributed by atoms with E-state index in [1.807, 2.05) is 24.5 Å². The smallest absolute Gasteiger partial charge is 0.252 e. The van der Waals surface area contributed by atoms with E-state index in [0.717, 1.165) is 54.0 Å². The van der Waals surface area contributed by atoms with Crippen molar-refractivity contribution in [2.45, 2.75) is 32.7 Å². The number of primary amides is 1. The van der Waals surface area contributed by atoms with Crippen LogP contribution in [0.25, 0.3) is 16.6 Å². The summed E-state index contributed by atoms with van der Waals surface area (Å²) in [6, 6.07) is 6.39. The monoisotopic (exact) mass is 378 g/mol.